The molecular formula is C14H31NO2. The van der Waals surface area contributed by atoms with Gasteiger partial charge in [-0.1, -0.05) is 27.7 Å². The summed E-state index contributed by atoms with van der Waals surface area (Å²) in [6, 6.07) is 0.600. The van der Waals surface area contributed by atoms with Gasteiger partial charge in [0, 0.05) is 38.3 Å². The Hall–Kier alpha value is -0.120. The smallest absolute Gasteiger partial charge is 0.0589 e. The number of aliphatic hydroxyl groups is 1. The molecule has 0 heterocycles. The second-order valence-electron chi connectivity index (χ2n) is 5.26. The Balaban J connectivity index is 4.55. The molecule has 1 N–H and O–H groups in total. The summed E-state index contributed by atoms with van der Waals surface area (Å²) < 4.78 is 5.19. The van der Waals surface area contributed by atoms with E-state index in [-0.39, 0.29) is 12.0 Å². The molecule has 0 saturated heterocycles. The lowest BCUT2D eigenvalue weighted by molar-refractivity contribution is 0.0435. The summed E-state index contributed by atoms with van der Waals surface area (Å²) in [6.45, 7) is 11.7. The predicted octanol–water partition coefficient (Wildman–Crippen LogP) is 2.53. The third-order valence-electron chi connectivity index (χ3n) is 3.86. The molecule has 0 radical (unpaired) electrons. The third-order valence-corrected chi connectivity index (χ3v) is 3.86. The van der Waals surface area contributed by atoms with Crippen LogP contribution in [-0.2, 0) is 4.74 Å². The molecule has 0 aromatic heterocycles. The van der Waals surface area contributed by atoms with Crippen LogP contribution < -0.4 is 0 Å². The number of methoxy groups -OCH3 is 1. The van der Waals surface area contributed by atoms with Gasteiger partial charge in [0.2, 0.25) is 0 Å². The van der Waals surface area contributed by atoms with Crippen molar-refractivity contribution < 1.29 is 9.84 Å². The molecule has 17 heavy (non-hydrogen) atoms. The Labute approximate surface area is 107 Å². The molecule has 0 amide bonds. The molecule has 1 atom stereocenters. The highest BCUT2D eigenvalue weighted by molar-refractivity contribution is 4.80. The molecule has 3 nitrogen and oxygen atoms in total. The molecule has 0 saturated carbocycles. The van der Waals surface area contributed by atoms with Gasteiger partial charge in [-0.05, 0) is 19.3 Å². The quantitative estimate of drug-likeness (QED) is 0.642. The molecular weight excluding hydrogens is 214 g/mol. The van der Waals surface area contributed by atoms with Gasteiger partial charge in [-0.2, -0.15) is 0 Å². The first-order chi connectivity index (χ1) is 8.06. The summed E-state index contributed by atoms with van der Waals surface area (Å²) in [5, 5.41) is 9.53. The standard InChI is InChI=1S/C14H31NO2/c1-6-13(7-2)15(9-10-17-5)11-14(4,8-3)12-16/h13,16H,6-12H2,1-5H3. The van der Waals surface area contributed by atoms with Crippen molar-refractivity contribution in [3.05, 3.63) is 0 Å². The molecule has 0 aromatic carbocycles. The van der Waals surface area contributed by atoms with Crippen molar-refractivity contribution in [1.82, 2.24) is 4.90 Å². The van der Waals surface area contributed by atoms with Crippen molar-refractivity contribution in [2.75, 3.05) is 33.4 Å². The molecule has 3 heteroatoms. The lowest BCUT2D eigenvalue weighted by atomic mass is 9.87. The van der Waals surface area contributed by atoms with Gasteiger partial charge in [0.25, 0.3) is 0 Å². The molecule has 1 unspecified atom stereocenters. The number of hydrogen-bond acceptors (Lipinski definition) is 3. The second-order valence-corrected chi connectivity index (χ2v) is 5.26. The highest BCUT2D eigenvalue weighted by atomic mass is 16.5. The van der Waals surface area contributed by atoms with Gasteiger partial charge < -0.3 is 9.84 Å². The van der Waals surface area contributed by atoms with E-state index in [0.717, 1.165) is 39.0 Å². The van der Waals surface area contributed by atoms with E-state index >= 15 is 0 Å². The van der Waals surface area contributed by atoms with Crippen molar-refractivity contribution in [1.29, 1.82) is 0 Å². The first-order valence-corrected chi connectivity index (χ1v) is 6.90. The Kier molecular flexibility index (Phi) is 8.83. The van der Waals surface area contributed by atoms with E-state index in [2.05, 4.69) is 32.6 Å². The highest BCUT2D eigenvalue weighted by Crippen LogP contribution is 2.24. The second kappa shape index (κ2) is 8.90. The van der Waals surface area contributed by atoms with Crippen LogP contribution in [0.4, 0.5) is 0 Å². The zero-order chi connectivity index (χ0) is 13.3. The normalized spacial score (nSPS) is 15.5. The van der Waals surface area contributed by atoms with Crippen LogP contribution in [0.2, 0.25) is 0 Å². The minimum absolute atomic E-state index is 0.0102. The Morgan fingerprint density at radius 2 is 1.82 bits per heavy atom. The van der Waals surface area contributed by atoms with Crippen LogP contribution in [0.1, 0.15) is 47.0 Å². The maximum atomic E-state index is 9.53. The first-order valence-electron chi connectivity index (χ1n) is 6.90. The number of hydrogen-bond donors (Lipinski definition) is 1. The first kappa shape index (κ1) is 16.9. The molecule has 104 valence electrons. The van der Waals surface area contributed by atoms with Gasteiger partial charge in [0.15, 0.2) is 0 Å². The van der Waals surface area contributed by atoms with Gasteiger partial charge in [0.05, 0.1) is 6.61 Å². The van der Waals surface area contributed by atoms with Crippen LogP contribution in [0, 0.1) is 5.41 Å². The molecule has 0 spiro atoms. The summed E-state index contributed by atoms with van der Waals surface area (Å²) >= 11 is 0. The monoisotopic (exact) mass is 245 g/mol. The maximum Gasteiger partial charge on any atom is 0.0589 e. The molecule has 0 aromatic rings. The number of aliphatic hydroxyl groups excluding tert-OH is 1. The summed E-state index contributed by atoms with van der Waals surface area (Å²) in [5.41, 5.74) is 0.0102. The van der Waals surface area contributed by atoms with Crippen LogP contribution in [0.15, 0.2) is 0 Å². The average molecular weight is 245 g/mol. The molecule has 0 rings (SSSR count). The van der Waals surface area contributed by atoms with Crippen molar-refractivity contribution >= 4 is 0 Å². The zero-order valence-electron chi connectivity index (χ0n) is 12.3. The predicted molar refractivity (Wildman–Crippen MR) is 73.3 cm³/mol. The van der Waals surface area contributed by atoms with E-state index in [1.165, 1.54) is 0 Å². The fourth-order valence-electron chi connectivity index (χ4n) is 2.17. The van der Waals surface area contributed by atoms with Crippen molar-refractivity contribution in [2.45, 2.75) is 53.0 Å². The van der Waals surface area contributed by atoms with Crippen molar-refractivity contribution in [3.8, 4) is 0 Å². The lowest BCUT2D eigenvalue weighted by Gasteiger charge is -2.37. The average Bonchev–Trinajstić information content (AvgIpc) is 2.36. The number of ether oxygens (including phenoxy) is 1. The van der Waals surface area contributed by atoms with Crippen molar-refractivity contribution in [3.63, 3.8) is 0 Å². The van der Waals surface area contributed by atoms with Crippen LogP contribution in [-0.4, -0.2) is 49.5 Å². The fraction of sp³-hybridized carbons (Fsp3) is 1.00. The Bertz CT molecular complexity index is 177. The summed E-state index contributed by atoms with van der Waals surface area (Å²) in [4.78, 5) is 2.48. The lowest BCUT2D eigenvalue weighted by Crippen LogP contribution is -2.45. The SMILES string of the molecule is CCC(CC)N(CCOC)CC(C)(CC)CO. The molecule has 0 fully saturated rings. The van der Waals surface area contributed by atoms with Crippen molar-refractivity contribution in [2.24, 2.45) is 5.41 Å². The van der Waals surface area contributed by atoms with Gasteiger partial charge in [0.1, 0.15) is 0 Å². The topological polar surface area (TPSA) is 32.7 Å². The van der Waals surface area contributed by atoms with E-state index in [1.54, 1.807) is 7.11 Å². The minimum atomic E-state index is 0.0102. The highest BCUT2D eigenvalue weighted by Gasteiger charge is 2.27. The van der Waals surface area contributed by atoms with E-state index in [1.807, 2.05) is 0 Å². The van der Waals surface area contributed by atoms with Gasteiger partial charge in [-0.25, -0.2) is 0 Å². The molecule has 0 aliphatic heterocycles. The third kappa shape index (κ3) is 5.84. The Morgan fingerprint density at radius 1 is 1.24 bits per heavy atom. The summed E-state index contributed by atoms with van der Waals surface area (Å²) in [5.74, 6) is 0. The van der Waals surface area contributed by atoms with Gasteiger partial charge in [-0.15, -0.1) is 0 Å². The number of nitrogens with zero attached hydrogens (tertiary/aromatic N) is 1. The van der Waals surface area contributed by atoms with Crippen LogP contribution in [0.3, 0.4) is 0 Å². The van der Waals surface area contributed by atoms with E-state index < -0.39 is 0 Å². The fourth-order valence-corrected chi connectivity index (χ4v) is 2.17. The Morgan fingerprint density at radius 3 is 2.18 bits per heavy atom. The van der Waals surface area contributed by atoms with Gasteiger partial charge >= 0.3 is 0 Å². The van der Waals surface area contributed by atoms with Crippen LogP contribution in [0.25, 0.3) is 0 Å². The summed E-state index contributed by atoms with van der Waals surface area (Å²) in [6.07, 6.45) is 3.32. The number of rotatable bonds is 10. The van der Waals surface area contributed by atoms with Gasteiger partial charge in [-0.3, -0.25) is 4.90 Å². The largest absolute Gasteiger partial charge is 0.396 e. The zero-order valence-corrected chi connectivity index (χ0v) is 12.3. The van der Waals surface area contributed by atoms with Crippen LogP contribution in [0.5, 0.6) is 0 Å². The van der Waals surface area contributed by atoms with Crippen LogP contribution >= 0.6 is 0 Å². The van der Waals surface area contributed by atoms with E-state index in [0.29, 0.717) is 6.04 Å². The van der Waals surface area contributed by atoms with E-state index in [9.17, 15) is 5.11 Å². The molecule has 0 bridgehead atoms. The molecule has 0 aliphatic rings. The maximum absolute atomic E-state index is 9.53. The minimum Gasteiger partial charge on any atom is -0.396 e. The molecule has 0 aliphatic carbocycles. The van der Waals surface area contributed by atoms with E-state index in [4.69, 9.17) is 4.74 Å². The summed E-state index contributed by atoms with van der Waals surface area (Å²) in [7, 11) is 1.75.